The molecule has 3 atom stereocenters. The number of amides is 2. The standard InChI is InChI=1S/C14H19N3O2/c15-13(18)10-8-17-11(12(10)14(16)19)7-6-9-4-2-1-3-5-9/h1-5,10-12,17H,6-8H2,(H2,15,18)(H2,16,19). The van der Waals surface area contributed by atoms with Gasteiger partial charge in [0.05, 0.1) is 11.8 Å². The normalized spacial score (nSPS) is 26.2. The minimum atomic E-state index is -0.499. The molecule has 19 heavy (non-hydrogen) atoms. The predicted octanol–water partition coefficient (Wildman–Crippen LogP) is -0.206. The van der Waals surface area contributed by atoms with Crippen LogP contribution in [-0.4, -0.2) is 24.4 Å². The topological polar surface area (TPSA) is 98.2 Å². The summed E-state index contributed by atoms with van der Waals surface area (Å²) in [6.07, 6.45) is 1.61. The molecule has 0 radical (unpaired) electrons. The van der Waals surface area contributed by atoms with E-state index in [9.17, 15) is 9.59 Å². The number of benzene rings is 1. The molecule has 1 fully saturated rings. The Morgan fingerprint density at radius 2 is 1.84 bits per heavy atom. The van der Waals surface area contributed by atoms with E-state index in [-0.39, 0.29) is 6.04 Å². The molecule has 0 spiro atoms. The molecule has 0 aliphatic carbocycles. The third-order valence-corrected chi connectivity index (χ3v) is 3.75. The van der Waals surface area contributed by atoms with Crippen molar-refractivity contribution in [2.24, 2.45) is 23.3 Å². The van der Waals surface area contributed by atoms with E-state index >= 15 is 0 Å². The minimum Gasteiger partial charge on any atom is -0.369 e. The fourth-order valence-electron chi connectivity index (χ4n) is 2.74. The summed E-state index contributed by atoms with van der Waals surface area (Å²) in [5.74, 6) is -1.90. The monoisotopic (exact) mass is 261 g/mol. The average Bonchev–Trinajstić information content (AvgIpc) is 2.81. The third kappa shape index (κ3) is 3.12. The van der Waals surface area contributed by atoms with Crippen molar-refractivity contribution in [1.82, 2.24) is 5.32 Å². The van der Waals surface area contributed by atoms with Crippen LogP contribution in [0.25, 0.3) is 0 Å². The molecule has 5 nitrogen and oxygen atoms in total. The van der Waals surface area contributed by atoms with Crippen LogP contribution in [0.15, 0.2) is 30.3 Å². The first-order chi connectivity index (χ1) is 9.09. The molecule has 5 heteroatoms. The van der Waals surface area contributed by atoms with E-state index in [0.29, 0.717) is 6.54 Å². The molecule has 3 unspecified atom stereocenters. The Kier molecular flexibility index (Phi) is 4.16. The second-order valence-corrected chi connectivity index (χ2v) is 4.98. The van der Waals surface area contributed by atoms with Crippen LogP contribution in [-0.2, 0) is 16.0 Å². The molecule has 1 heterocycles. The van der Waals surface area contributed by atoms with Crippen molar-refractivity contribution < 1.29 is 9.59 Å². The van der Waals surface area contributed by atoms with Crippen molar-refractivity contribution >= 4 is 11.8 Å². The van der Waals surface area contributed by atoms with Crippen LogP contribution in [0.5, 0.6) is 0 Å². The maximum Gasteiger partial charge on any atom is 0.222 e. The summed E-state index contributed by atoms with van der Waals surface area (Å²) in [7, 11) is 0. The quantitative estimate of drug-likeness (QED) is 0.684. The Labute approximate surface area is 112 Å². The maximum atomic E-state index is 11.5. The highest BCUT2D eigenvalue weighted by atomic mass is 16.2. The minimum absolute atomic E-state index is 0.0739. The van der Waals surface area contributed by atoms with Gasteiger partial charge in [-0.25, -0.2) is 0 Å². The number of aryl methyl sites for hydroxylation is 1. The zero-order valence-corrected chi connectivity index (χ0v) is 10.7. The van der Waals surface area contributed by atoms with Crippen molar-refractivity contribution in [3.05, 3.63) is 35.9 Å². The first-order valence-electron chi connectivity index (χ1n) is 6.45. The zero-order chi connectivity index (χ0) is 13.8. The molecule has 1 aliphatic rings. The van der Waals surface area contributed by atoms with E-state index in [2.05, 4.69) is 5.32 Å². The Balaban J connectivity index is 2.00. The van der Waals surface area contributed by atoms with Gasteiger partial charge in [-0.3, -0.25) is 9.59 Å². The molecule has 1 aliphatic heterocycles. The lowest BCUT2D eigenvalue weighted by Crippen LogP contribution is -2.40. The van der Waals surface area contributed by atoms with Gasteiger partial charge in [0.15, 0.2) is 0 Å². The lowest BCUT2D eigenvalue weighted by Gasteiger charge is -2.19. The first kappa shape index (κ1) is 13.5. The molecule has 102 valence electrons. The van der Waals surface area contributed by atoms with Gasteiger partial charge in [0.25, 0.3) is 0 Å². The van der Waals surface area contributed by atoms with Gasteiger partial charge >= 0.3 is 0 Å². The Bertz CT molecular complexity index is 461. The van der Waals surface area contributed by atoms with Crippen LogP contribution in [0.3, 0.4) is 0 Å². The summed E-state index contributed by atoms with van der Waals surface area (Å²) < 4.78 is 0. The average molecular weight is 261 g/mol. The highest BCUT2D eigenvalue weighted by molar-refractivity contribution is 5.87. The van der Waals surface area contributed by atoms with Crippen molar-refractivity contribution in [2.75, 3.05) is 6.54 Å². The molecule has 1 aromatic rings. The second kappa shape index (κ2) is 5.84. The number of carbonyl (C=O) groups is 2. The van der Waals surface area contributed by atoms with Gasteiger partial charge < -0.3 is 16.8 Å². The highest BCUT2D eigenvalue weighted by Crippen LogP contribution is 2.25. The van der Waals surface area contributed by atoms with E-state index in [1.165, 1.54) is 5.56 Å². The fraction of sp³-hybridized carbons (Fsp3) is 0.429. The van der Waals surface area contributed by atoms with Crippen molar-refractivity contribution in [3.63, 3.8) is 0 Å². The van der Waals surface area contributed by atoms with Crippen LogP contribution in [0.1, 0.15) is 12.0 Å². The van der Waals surface area contributed by atoms with Crippen molar-refractivity contribution in [1.29, 1.82) is 0 Å². The first-order valence-corrected chi connectivity index (χ1v) is 6.45. The van der Waals surface area contributed by atoms with Crippen LogP contribution >= 0.6 is 0 Å². The molecule has 5 N–H and O–H groups in total. The van der Waals surface area contributed by atoms with Crippen LogP contribution < -0.4 is 16.8 Å². The summed E-state index contributed by atoms with van der Waals surface area (Å²) >= 11 is 0. The van der Waals surface area contributed by atoms with Gasteiger partial charge in [0.2, 0.25) is 11.8 Å². The molecule has 2 amide bonds. The maximum absolute atomic E-state index is 11.5. The van der Waals surface area contributed by atoms with Gasteiger partial charge in [0, 0.05) is 12.6 Å². The van der Waals surface area contributed by atoms with E-state index in [1.54, 1.807) is 0 Å². The molecular formula is C14H19N3O2. The fourth-order valence-corrected chi connectivity index (χ4v) is 2.74. The van der Waals surface area contributed by atoms with Crippen molar-refractivity contribution in [2.45, 2.75) is 18.9 Å². The molecule has 0 aromatic heterocycles. The molecule has 0 saturated carbocycles. The molecule has 2 rings (SSSR count). The van der Waals surface area contributed by atoms with E-state index in [0.717, 1.165) is 12.8 Å². The number of primary amides is 2. The van der Waals surface area contributed by atoms with E-state index in [4.69, 9.17) is 11.5 Å². The lowest BCUT2D eigenvalue weighted by atomic mass is 9.87. The molecule has 1 aromatic carbocycles. The number of nitrogens with two attached hydrogens (primary N) is 2. The number of carbonyl (C=O) groups excluding carboxylic acids is 2. The predicted molar refractivity (Wildman–Crippen MR) is 71.9 cm³/mol. The van der Waals surface area contributed by atoms with Crippen LogP contribution in [0, 0.1) is 11.8 Å². The summed E-state index contributed by atoms with van der Waals surface area (Å²) in [5, 5.41) is 3.19. The van der Waals surface area contributed by atoms with Gasteiger partial charge in [-0.2, -0.15) is 0 Å². The Hall–Kier alpha value is -1.88. The zero-order valence-electron chi connectivity index (χ0n) is 10.7. The second-order valence-electron chi connectivity index (χ2n) is 4.98. The van der Waals surface area contributed by atoms with Gasteiger partial charge in [0.1, 0.15) is 0 Å². The van der Waals surface area contributed by atoms with E-state index < -0.39 is 23.7 Å². The molecular weight excluding hydrogens is 242 g/mol. The Morgan fingerprint density at radius 1 is 1.16 bits per heavy atom. The lowest BCUT2D eigenvalue weighted by molar-refractivity contribution is -0.130. The highest BCUT2D eigenvalue weighted by Gasteiger charge is 2.42. The third-order valence-electron chi connectivity index (χ3n) is 3.75. The number of rotatable bonds is 5. The number of nitrogens with one attached hydrogen (secondary N) is 1. The van der Waals surface area contributed by atoms with Crippen molar-refractivity contribution in [3.8, 4) is 0 Å². The van der Waals surface area contributed by atoms with Crippen LogP contribution in [0.2, 0.25) is 0 Å². The molecule has 1 saturated heterocycles. The van der Waals surface area contributed by atoms with Gasteiger partial charge in [-0.15, -0.1) is 0 Å². The largest absolute Gasteiger partial charge is 0.369 e. The summed E-state index contributed by atoms with van der Waals surface area (Å²) in [6.45, 7) is 0.433. The van der Waals surface area contributed by atoms with Gasteiger partial charge in [-0.05, 0) is 18.4 Å². The number of hydrogen-bond acceptors (Lipinski definition) is 3. The smallest absolute Gasteiger partial charge is 0.222 e. The molecule has 0 bridgehead atoms. The number of hydrogen-bond donors (Lipinski definition) is 3. The van der Waals surface area contributed by atoms with Gasteiger partial charge in [-0.1, -0.05) is 30.3 Å². The summed E-state index contributed by atoms with van der Waals surface area (Å²) in [6, 6.07) is 9.94. The summed E-state index contributed by atoms with van der Waals surface area (Å²) in [4.78, 5) is 22.8. The SMILES string of the molecule is NC(=O)C1CNC(CCc2ccccc2)C1C(N)=O. The Morgan fingerprint density at radius 3 is 2.42 bits per heavy atom. The van der Waals surface area contributed by atoms with E-state index in [1.807, 2.05) is 30.3 Å². The van der Waals surface area contributed by atoms with Crippen LogP contribution in [0.4, 0.5) is 0 Å². The summed E-state index contributed by atoms with van der Waals surface area (Å²) in [5.41, 5.74) is 11.9.